The van der Waals surface area contributed by atoms with Gasteiger partial charge in [0.25, 0.3) is 11.8 Å². The Bertz CT molecular complexity index is 1280. The summed E-state index contributed by atoms with van der Waals surface area (Å²) in [6, 6.07) is 18.6. The molecule has 3 aromatic carbocycles. The molecule has 0 radical (unpaired) electrons. The van der Waals surface area contributed by atoms with Gasteiger partial charge in [-0.25, -0.2) is 4.79 Å². The van der Waals surface area contributed by atoms with E-state index in [0.717, 1.165) is 0 Å². The lowest BCUT2D eigenvalue weighted by atomic mass is 10.1. The maximum Gasteiger partial charge on any atom is 0.490 e. The van der Waals surface area contributed by atoms with Crippen LogP contribution in [0.5, 0.6) is 17.2 Å². The summed E-state index contributed by atoms with van der Waals surface area (Å²) >= 11 is 0. The zero-order valence-corrected chi connectivity index (χ0v) is 20.9. The van der Waals surface area contributed by atoms with Crippen molar-refractivity contribution in [3.05, 3.63) is 77.9 Å². The lowest BCUT2D eigenvalue weighted by Crippen LogP contribution is -2.21. The molecule has 0 bridgehead atoms. The molecule has 0 aliphatic heterocycles. The molecule has 0 spiro atoms. The van der Waals surface area contributed by atoms with Gasteiger partial charge in [-0.1, -0.05) is 12.1 Å². The van der Waals surface area contributed by atoms with Crippen molar-refractivity contribution in [1.29, 1.82) is 0 Å². The molecule has 3 aromatic rings. The van der Waals surface area contributed by atoms with Gasteiger partial charge in [-0.2, -0.15) is 13.2 Å². The molecule has 3 rings (SSSR count). The van der Waals surface area contributed by atoms with Crippen molar-refractivity contribution in [3.63, 3.8) is 0 Å². The number of hydrogen-bond donors (Lipinski definition) is 4. The summed E-state index contributed by atoms with van der Waals surface area (Å²) in [5.41, 5.74) is 7.20. The average Bonchev–Trinajstić information content (AvgIpc) is 2.92. The number of carbonyl (C=O) groups excluding carboxylic acids is 2. The summed E-state index contributed by atoms with van der Waals surface area (Å²) in [6.07, 6.45) is -5.08. The van der Waals surface area contributed by atoms with Crippen LogP contribution in [-0.2, 0) is 4.79 Å². The number of hydrogen-bond acceptors (Lipinski definition) is 7. The van der Waals surface area contributed by atoms with Crippen LogP contribution >= 0.6 is 0 Å². The molecule has 39 heavy (non-hydrogen) atoms. The lowest BCUT2D eigenvalue weighted by Gasteiger charge is -2.15. The predicted octanol–water partition coefficient (Wildman–Crippen LogP) is 4.18. The Balaban J connectivity index is 0.000000673. The molecule has 2 amide bonds. The first kappa shape index (κ1) is 30.4. The fourth-order valence-corrected chi connectivity index (χ4v) is 2.93. The van der Waals surface area contributed by atoms with Crippen LogP contribution < -0.4 is 30.6 Å². The van der Waals surface area contributed by atoms with E-state index in [-0.39, 0.29) is 12.5 Å². The zero-order chi connectivity index (χ0) is 29.0. The van der Waals surface area contributed by atoms with Crippen LogP contribution in [-0.4, -0.2) is 56.4 Å². The van der Waals surface area contributed by atoms with Crippen molar-refractivity contribution < 1.29 is 46.9 Å². The van der Waals surface area contributed by atoms with Gasteiger partial charge in [0, 0.05) is 18.2 Å². The van der Waals surface area contributed by atoms with Crippen molar-refractivity contribution in [2.45, 2.75) is 6.18 Å². The Morgan fingerprint density at radius 2 is 1.36 bits per heavy atom. The molecule has 10 nitrogen and oxygen atoms in total. The van der Waals surface area contributed by atoms with E-state index in [4.69, 9.17) is 29.8 Å². The molecule has 0 fully saturated rings. The van der Waals surface area contributed by atoms with Gasteiger partial charge in [0.05, 0.1) is 31.2 Å². The molecule has 13 heteroatoms. The number of rotatable bonds is 9. The molecule has 0 unspecified atom stereocenters. The van der Waals surface area contributed by atoms with E-state index in [2.05, 4.69) is 10.6 Å². The van der Waals surface area contributed by atoms with Gasteiger partial charge in [0.2, 0.25) is 0 Å². The summed E-state index contributed by atoms with van der Waals surface area (Å²) in [5.74, 6) is -1.90. The Labute approximate surface area is 221 Å². The van der Waals surface area contributed by atoms with Gasteiger partial charge < -0.3 is 35.7 Å². The highest BCUT2D eigenvalue weighted by Crippen LogP contribution is 2.28. The number of halogens is 3. The molecule has 0 saturated heterocycles. The second-order valence-corrected chi connectivity index (χ2v) is 7.48. The number of carboxylic acids is 1. The zero-order valence-electron chi connectivity index (χ0n) is 20.9. The summed E-state index contributed by atoms with van der Waals surface area (Å²) in [5, 5.41) is 12.8. The number of amides is 2. The smallest absolute Gasteiger partial charge is 0.490 e. The van der Waals surface area contributed by atoms with Crippen molar-refractivity contribution in [1.82, 2.24) is 0 Å². The van der Waals surface area contributed by atoms with E-state index < -0.39 is 18.1 Å². The Morgan fingerprint density at radius 1 is 0.846 bits per heavy atom. The third kappa shape index (κ3) is 9.23. The quantitative estimate of drug-likeness (QED) is 0.311. The highest BCUT2D eigenvalue weighted by molar-refractivity contribution is 6.10. The van der Waals surface area contributed by atoms with Crippen molar-refractivity contribution in [2.24, 2.45) is 5.73 Å². The minimum atomic E-state index is -5.08. The van der Waals surface area contributed by atoms with E-state index in [1.165, 1.54) is 7.11 Å². The maximum atomic E-state index is 13.0. The number of carbonyl (C=O) groups is 3. The molecular weight excluding hydrogens is 523 g/mol. The van der Waals surface area contributed by atoms with Gasteiger partial charge in [0.15, 0.2) is 0 Å². The first-order valence-corrected chi connectivity index (χ1v) is 11.2. The van der Waals surface area contributed by atoms with Gasteiger partial charge in [-0.05, 0) is 48.5 Å². The van der Waals surface area contributed by atoms with Crippen LogP contribution in [0.15, 0.2) is 66.7 Å². The van der Waals surface area contributed by atoms with Crippen molar-refractivity contribution in [2.75, 3.05) is 38.0 Å². The number of ether oxygens (including phenoxy) is 3. The number of methoxy groups -OCH3 is 2. The average molecular weight is 550 g/mol. The fourth-order valence-electron chi connectivity index (χ4n) is 2.93. The normalized spacial score (nSPS) is 10.4. The molecule has 0 aliphatic carbocycles. The van der Waals surface area contributed by atoms with Crippen LogP contribution in [0.4, 0.5) is 24.5 Å². The number of carboxylic acid groups (broad SMARTS) is 1. The number of anilines is 2. The maximum absolute atomic E-state index is 13.0. The second kappa shape index (κ2) is 14.2. The van der Waals surface area contributed by atoms with Crippen molar-refractivity contribution >= 4 is 29.2 Å². The number of nitrogens with two attached hydrogens (primary N) is 1. The SMILES string of the molecule is COc1ccc(C(=O)Nc2ccccc2NC(=O)c2ccc(OC)cc2OCCN)cc1.O=C(O)C(F)(F)F. The minimum absolute atomic E-state index is 0.252. The monoisotopic (exact) mass is 549 g/mol. The standard InChI is InChI=1S/C24H25N3O5.C2HF3O2/c1-30-17-9-7-16(8-10-17)23(28)26-20-5-3-4-6-21(20)27-24(29)19-12-11-18(31-2)15-22(19)32-14-13-25;3-2(4,5)1(6)7/h3-12,15H,13-14,25H2,1-2H3,(H,26,28)(H,27,29);(H,6,7). The first-order chi connectivity index (χ1) is 18.5. The van der Waals surface area contributed by atoms with E-state index in [1.54, 1.807) is 73.8 Å². The number of para-hydroxylation sites is 2. The summed E-state index contributed by atoms with van der Waals surface area (Å²) < 4.78 is 47.7. The van der Waals surface area contributed by atoms with E-state index in [9.17, 15) is 22.8 Å². The van der Waals surface area contributed by atoms with E-state index >= 15 is 0 Å². The largest absolute Gasteiger partial charge is 0.497 e. The Hall–Kier alpha value is -4.78. The molecule has 0 aromatic heterocycles. The van der Waals surface area contributed by atoms with Gasteiger partial charge in [-0.3, -0.25) is 9.59 Å². The first-order valence-electron chi connectivity index (χ1n) is 11.2. The number of benzene rings is 3. The topological polar surface area (TPSA) is 149 Å². The second-order valence-electron chi connectivity index (χ2n) is 7.48. The van der Waals surface area contributed by atoms with Crippen LogP contribution in [0.25, 0.3) is 0 Å². The third-order valence-electron chi connectivity index (χ3n) is 4.83. The van der Waals surface area contributed by atoms with E-state index in [0.29, 0.717) is 46.3 Å². The number of alkyl halides is 3. The highest BCUT2D eigenvalue weighted by atomic mass is 19.4. The molecule has 0 aliphatic rings. The molecule has 0 atom stereocenters. The molecule has 208 valence electrons. The highest BCUT2D eigenvalue weighted by Gasteiger charge is 2.38. The lowest BCUT2D eigenvalue weighted by molar-refractivity contribution is -0.192. The number of nitrogens with one attached hydrogen (secondary N) is 2. The number of aliphatic carboxylic acids is 1. The summed E-state index contributed by atoms with van der Waals surface area (Å²) in [7, 11) is 3.09. The molecular formula is C26H26F3N3O7. The van der Waals surface area contributed by atoms with E-state index in [1.807, 2.05) is 0 Å². The summed E-state index contributed by atoms with van der Waals surface area (Å²) in [6.45, 7) is 0.556. The molecule has 5 N–H and O–H groups in total. The predicted molar refractivity (Wildman–Crippen MR) is 137 cm³/mol. The fraction of sp³-hybridized carbons (Fsp3) is 0.192. The van der Waals surface area contributed by atoms with Gasteiger partial charge in [-0.15, -0.1) is 0 Å². The van der Waals surface area contributed by atoms with Gasteiger partial charge >= 0.3 is 12.1 Å². The summed E-state index contributed by atoms with van der Waals surface area (Å²) in [4.78, 5) is 34.5. The minimum Gasteiger partial charge on any atom is -0.497 e. The molecule has 0 saturated carbocycles. The Morgan fingerprint density at radius 3 is 1.85 bits per heavy atom. The van der Waals surface area contributed by atoms with Crippen LogP contribution in [0.3, 0.4) is 0 Å². The van der Waals surface area contributed by atoms with Crippen molar-refractivity contribution in [3.8, 4) is 17.2 Å². The Kier molecular flexibility index (Phi) is 11.1. The van der Waals surface area contributed by atoms with Crippen LogP contribution in [0.1, 0.15) is 20.7 Å². The molecule has 0 heterocycles. The third-order valence-corrected chi connectivity index (χ3v) is 4.83. The van der Waals surface area contributed by atoms with Gasteiger partial charge in [0.1, 0.15) is 23.9 Å². The van der Waals surface area contributed by atoms with Crippen LogP contribution in [0, 0.1) is 0 Å². The van der Waals surface area contributed by atoms with Crippen LogP contribution in [0.2, 0.25) is 0 Å².